The van der Waals surface area contributed by atoms with E-state index >= 15 is 0 Å². The minimum Gasteiger partial charge on any atom is -0.352 e. The highest BCUT2D eigenvalue weighted by molar-refractivity contribution is 7.09. The molecule has 3 aromatic rings. The second-order valence-corrected chi connectivity index (χ2v) is 7.08. The average Bonchev–Trinajstić information content (AvgIpc) is 3.13. The highest BCUT2D eigenvalue weighted by Crippen LogP contribution is 2.21. The zero-order chi connectivity index (χ0) is 19.1. The van der Waals surface area contributed by atoms with E-state index in [9.17, 15) is 4.79 Å². The lowest BCUT2D eigenvalue weighted by Gasteiger charge is -2.04. The fraction of sp³-hybridized carbons (Fsp3) is 0.136. The first-order valence-corrected chi connectivity index (χ1v) is 9.50. The third kappa shape index (κ3) is 5.13. The zero-order valence-electron chi connectivity index (χ0n) is 15.0. The van der Waals surface area contributed by atoms with Crippen molar-refractivity contribution in [3.63, 3.8) is 0 Å². The van der Waals surface area contributed by atoms with Gasteiger partial charge in [0.15, 0.2) is 0 Å². The highest BCUT2D eigenvalue weighted by Gasteiger charge is 2.03. The van der Waals surface area contributed by atoms with Gasteiger partial charge in [0, 0.05) is 23.6 Å². The van der Waals surface area contributed by atoms with Crippen molar-refractivity contribution in [2.45, 2.75) is 13.3 Å². The van der Waals surface area contributed by atoms with Crippen LogP contribution in [0.25, 0.3) is 17.3 Å². The van der Waals surface area contributed by atoms with Crippen LogP contribution in [-0.4, -0.2) is 17.4 Å². The molecular formula is C22H19N3OS. The van der Waals surface area contributed by atoms with Gasteiger partial charge in [-0.2, -0.15) is 5.26 Å². The Bertz CT molecular complexity index is 997. The Balaban J connectivity index is 1.50. The van der Waals surface area contributed by atoms with E-state index in [-0.39, 0.29) is 5.91 Å². The van der Waals surface area contributed by atoms with Gasteiger partial charge in [0.1, 0.15) is 0 Å². The van der Waals surface area contributed by atoms with Crippen LogP contribution in [0.4, 0.5) is 0 Å². The van der Waals surface area contributed by atoms with Gasteiger partial charge < -0.3 is 5.32 Å². The van der Waals surface area contributed by atoms with Crippen LogP contribution in [0.5, 0.6) is 0 Å². The van der Waals surface area contributed by atoms with Crippen LogP contribution in [0.2, 0.25) is 0 Å². The molecule has 5 heteroatoms. The largest absolute Gasteiger partial charge is 0.352 e. The number of hydrogen-bond donors (Lipinski definition) is 1. The van der Waals surface area contributed by atoms with E-state index in [1.807, 2.05) is 19.1 Å². The number of rotatable bonds is 6. The van der Waals surface area contributed by atoms with Crippen molar-refractivity contribution in [2.24, 2.45) is 0 Å². The maximum absolute atomic E-state index is 12.0. The molecule has 2 aromatic carbocycles. The first-order chi connectivity index (χ1) is 13.2. The molecule has 3 rings (SSSR count). The molecule has 0 bridgehead atoms. The summed E-state index contributed by atoms with van der Waals surface area (Å²) in [5, 5.41) is 15.0. The van der Waals surface area contributed by atoms with Gasteiger partial charge in [-0.15, -0.1) is 11.3 Å². The molecule has 1 heterocycles. The van der Waals surface area contributed by atoms with Crippen LogP contribution in [0.1, 0.15) is 21.7 Å². The SMILES string of the molecule is Cc1nc(-c2ccc(CCNC(=O)/C=C/c3ccccc3C#N)cc2)cs1. The molecule has 0 fully saturated rings. The van der Waals surface area contributed by atoms with Crippen LogP contribution >= 0.6 is 11.3 Å². The van der Waals surface area contributed by atoms with Crippen LogP contribution in [0, 0.1) is 18.3 Å². The molecule has 0 spiro atoms. The smallest absolute Gasteiger partial charge is 0.244 e. The van der Waals surface area contributed by atoms with Gasteiger partial charge in [-0.1, -0.05) is 42.5 Å². The summed E-state index contributed by atoms with van der Waals surface area (Å²) in [7, 11) is 0. The van der Waals surface area contributed by atoms with Crippen molar-refractivity contribution in [3.05, 3.63) is 81.7 Å². The summed E-state index contributed by atoms with van der Waals surface area (Å²) in [6.45, 7) is 2.55. The summed E-state index contributed by atoms with van der Waals surface area (Å²) in [6, 6.07) is 17.6. The standard InChI is InChI=1S/C22H19N3OS/c1-16-25-21(15-27-16)19-8-6-17(7-9-19)12-13-24-22(26)11-10-18-4-2-3-5-20(18)14-23/h2-11,15H,12-13H2,1H3,(H,24,26)/b11-10+. The topological polar surface area (TPSA) is 65.8 Å². The third-order valence-electron chi connectivity index (χ3n) is 4.08. The fourth-order valence-electron chi connectivity index (χ4n) is 2.64. The van der Waals surface area contributed by atoms with E-state index in [1.54, 1.807) is 29.5 Å². The third-order valence-corrected chi connectivity index (χ3v) is 4.85. The first kappa shape index (κ1) is 18.6. The van der Waals surface area contributed by atoms with Crippen molar-refractivity contribution in [1.82, 2.24) is 10.3 Å². The quantitative estimate of drug-likeness (QED) is 0.653. The number of nitrogens with zero attached hydrogens (tertiary/aromatic N) is 2. The fourth-order valence-corrected chi connectivity index (χ4v) is 3.26. The molecule has 1 amide bonds. The van der Waals surface area contributed by atoms with E-state index < -0.39 is 0 Å². The monoisotopic (exact) mass is 373 g/mol. The Hall–Kier alpha value is -3.23. The molecule has 134 valence electrons. The molecule has 1 N–H and O–H groups in total. The van der Waals surface area contributed by atoms with Crippen molar-refractivity contribution in [2.75, 3.05) is 6.54 Å². The number of hydrogen-bond acceptors (Lipinski definition) is 4. The Morgan fingerprint density at radius 1 is 1.22 bits per heavy atom. The molecule has 0 aliphatic carbocycles. The lowest BCUT2D eigenvalue weighted by atomic mass is 10.1. The van der Waals surface area contributed by atoms with Crippen molar-refractivity contribution >= 4 is 23.3 Å². The van der Waals surface area contributed by atoms with E-state index in [0.717, 1.165) is 33.8 Å². The van der Waals surface area contributed by atoms with E-state index in [2.05, 4.69) is 46.0 Å². The number of carbonyl (C=O) groups excluding carboxylic acids is 1. The second kappa shape index (κ2) is 8.93. The van der Waals surface area contributed by atoms with E-state index in [0.29, 0.717) is 12.1 Å². The number of aryl methyl sites for hydroxylation is 1. The summed E-state index contributed by atoms with van der Waals surface area (Å²) in [4.78, 5) is 16.4. The number of carbonyl (C=O) groups is 1. The molecule has 0 unspecified atom stereocenters. The van der Waals surface area contributed by atoms with Crippen molar-refractivity contribution < 1.29 is 4.79 Å². The predicted molar refractivity (Wildman–Crippen MR) is 109 cm³/mol. The maximum Gasteiger partial charge on any atom is 0.244 e. The number of thiazole rings is 1. The van der Waals surface area contributed by atoms with Crippen molar-refractivity contribution in [3.8, 4) is 17.3 Å². The molecule has 0 atom stereocenters. The number of nitrogens with one attached hydrogen (secondary N) is 1. The van der Waals surface area contributed by atoms with Gasteiger partial charge >= 0.3 is 0 Å². The molecule has 0 aliphatic heterocycles. The average molecular weight is 373 g/mol. The van der Waals surface area contributed by atoms with Gasteiger partial charge in [0.05, 0.1) is 22.3 Å². The van der Waals surface area contributed by atoms with Crippen LogP contribution in [0.3, 0.4) is 0 Å². The highest BCUT2D eigenvalue weighted by atomic mass is 32.1. The second-order valence-electron chi connectivity index (χ2n) is 6.02. The first-order valence-electron chi connectivity index (χ1n) is 8.62. The Kier molecular flexibility index (Phi) is 6.14. The minimum absolute atomic E-state index is 0.169. The Labute approximate surface area is 162 Å². The number of benzene rings is 2. The molecular weight excluding hydrogens is 354 g/mol. The summed E-state index contributed by atoms with van der Waals surface area (Å²) < 4.78 is 0. The number of nitriles is 1. The summed E-state index contributed by atoms with van der Waals surface area (Å²) in [5.41, 5.74) is 4.55. The molecule has 4 nitrogen and oxygen atoms in total. The van der Waals surface area contributed by atoms with Crippen LogP contribution in [-0.2, 0) is 11.2 Å². The Morgan fingerprint density at radius 3 is 2.70 bits per heavy atom. The summed E-state index contributed by atoms with van der Waals surface area (Å²) in [5.74, 6) is -0.169. The van der Waals surface area contributed by atoms with Gasteiger partial charge in [-0.3, -0.25) is 4.79 Å². The molecule has 0 saturated heterocycles. The lowest BCUT2D eigenvalue weighted by Crippen LogP contribution is -2.23. The summed E-state index contributed by atoms with van der Waals surface area (Å²) in [6.07, 6.45) is 3.88. The molecule has 27 heavy (non-hydrogen) atoms. The van der Waals surface area contributed by atoms with Gasteiger partial charge in [0.25, 0.3) is 0 Å². The van der Waals surface area contributed by atoms with Gasteiger partial charge in [-0.25, -0.2) is 4.98 Å². The summed E-state index contributed by atoms with van der Waals surface area (Å²) >= 11 is 1.64. The number of aromatic nitrogens is 1. The van der Waals surface area contributed by atoms with E-state index in [1.165, 1.54) is 6.08 Å². The zero-order valence-corrected chi connectivity index (χ0v) is 15.8. The minimum atomic E-state index is -0.169. The normalized spacial score (nSPS) is 10.7. The Morgan fingerprint density at radius 2 is 2.00 bits per heavy atom. The number of amides is 1. The van der Waals surface area contributed by atoms with E-state index in [4.69, 9.17) is 5.26 Å². The predicted octanol–water partition coefficient (Wildman–Crippen LogP) is 4.36. The molecule has 1 aromatic heterocycles. The lowest BCUT2D eigenvalue weighted by molar-refractivity contribution is -0.116. The van der Waals surface area contributed by atoms with Crippen molar-refractivity contribution in [1.29, 1.82) is 5.26 Å². The maximum atomic E-state index is 12.0. The molecule has 0 saturated carbocycles. The van der Waals surface area contributed by atoms with Gasteiger partial charge in [0.2, 0.25) is 5.91 Å². The molecule has 0 radical (unpaired) electrons. The van der Waals surface area contributed by atoms with Crippen LogP contribution in [0.15, 0.2) is 60.0 Å². The molecule has 0 aliphatic rings. The van der Waals surface area contributed by atoms with Crippen LogP contribution < -0.4 is 5.32 Å². The van der Waals surface area contributed by atoms with Gasteiger partial charge in [-0.05, 0) is 36.6 Å².